The van der Waals surface area contributed by atoms with E-state index in [9.17, 15) is 8.78 Å². The van der Waals surface area contributed by atoms with E-state index in [0.717, 1.165) is 32.6 Å². The van der Waals surface area contributed by atoms with Crippen molar-refractivity contribution in [3.63, 3.8) is 0 Å². The summed E-state index contributed by atoms with van der Waals surface area (Å²) in [7, 11) is 0. The lowest BCUT2D eigenvalue weighted by molar-refractivity contribution is 0.157. The van der Waals surface area contributed by atoms with E-state index in [1.165, 1.54) is 31.0 Å². The molecule has 3 rings (SSSR count). The van der Waals surface area contributed by atoms with Crippen molar-refractivity contribution in [1.82, 2.24) is 10.2 Å². The van der Waals surface area contributed by atoms with Crippen molar-refractivity contribution in [3.05, 3.63) is 35.4 Å². The molecule has 2 nitrogen and oxygen atoms in total. The maximum Gasteiger partial charge on any atom is 0.128 e. The first kappa shape index (κ1) is 18.6. The second kappa shape index (κ2) is 8.28. The van der Waals surface area contributed by atoms with Crippen molar-refractivity contribution < 1.29 is 8.78 Å². The Morgan fingerprint density at radius 3 is 2.43 bits per heavy atom. The SMILES string of the molecule is Cl.Cl.Fc1ccc(F)c([C@@H](CC2CC2)N2CCNCC2)c1. The molecular weight excluding hydrogens is 317 g/mol. The fourth-order valence-electron chi connectivity index (χ4n) is 2.91. The van der Waals surface area contributed by atoms with Gasteiger partial charge in [-0.05, 0) is 30.5 Å². The molecule has 0 aromatic heterocycles. The molecule has 6 heteroatoms. The molecular formula is C15H22Cl2F2N2. The number of halogens is 4. The van der Waals surface area contributed by atoms with Crippen LogP contribution < -0.4 is 5.32 Å². The van der Waals surface area contributed by atoms with Gasteiger partial charge in [-0.3, -0.25) is 4.90 Å². The van der Waals surface area contributed by atoms with Gasteiger partial charge in [0.2, 0.25) is 0 Å². The average Bonchev–Trinajstić information content (AvgIpc) is 3.24. The van der Waals surface area contributed by atoms with Crippen LogP contribution in [0, 0.1) is 17.6 Å². The zero-order valence-electron chi connectivity index (χ0n) is 11.9. The standard InChI is InChI=1S/C15H20F2N2.2ClH/c16-12-3-4-14(17)13(10-12)15(9-11-1-2-11)19-7-5-18-6-8-19;;/h3-4,10-11,15,18H,1-2,5-9H2;2*1H/t15-;;/m1../s1. The predicted octanol–water partition coefficient (Wildman–Crippen LogP) is 3.55. The van der Waals surface area contributed by atoms with Gasteiger partial charge in [0.05, 0.1) is 0 Å². The first-order valence-electron chi connectivity index (χ1n) is 7.14. The molecule has 21 heavy (non-hydrogen) atoms. The van der Waals surface area contributed by atoms with E-state index < -0.39 is 0 Å². The minimum atomic E-state index is -0.340. The molecule has 1 aromatic rings. The second-order valence-corrected chi connectivity index (χ2v) is 5.65. The monoisotopic (exact) mass is 338 g/mol. The normalized spacial score (nSPS) is 20.3. The van der Waals surface area contributed by atoms with Crippen LogP contribution in [0.5, 0.6) is 0 Å². The number of piperazine rings is 1. The van der Waals surface area contributed by atoms with Crippen LogP contribution in [-0.2, 0) is 0 Å². The molecule has 0 bridgehead atoms. The maximum atomic E-state index is 14.0. The Hall–Kier alpha value is -0.420. The Labute approximate surface area is 137 Å². The van der Waals surface area contributed by atoms with Gasteiger partial charge in [0.1, 0.15) is 11.6 Å². The molecule has 1 saturated heterocycles. The molecule has 2 aliphatic rings. The topological polar surface area (TPSA) is 15.3 Å². The molecule has 1 aliphatic carbocycles. The summed E-state index contributed by atoms with van der Waals surface area (Å²) >= 11 is 0. The van der Waals surface area contributed by atoms with Crippen molar-refractivity contribution in [2.75, 3.05) is 26.2 Å². The summed E-state index contributed by atoms with van der Waals surface area (Å²) in [5.41, 5.74) is 0.536. The van der Waals surface area contributed by atoms with Gasteiger partial charge in [-0.15, -0.1) is 24.8 Å². The van der Waals surface area contributed by atoms with Gasteiger partial charge in [0.15, 0.2) is 0 Å². The predicted molar refractivity (Wildman–Crippen MR) is 85.4 cm³/mol. The van der Waals surface area contributed by atoms with Crippen LogP contribution in [-0.4, -0.2) is 31.1 Å². The fourth-order valence-corrected chi connectivity index (χ4v) is 2.91. The lowest BCUT2D eigenvalue weighted by atomic mass is 9.98. The molecule has 1 N–H and O–H groups in total. The second-order valence-electron chi connectivity index (χ2n) is 5.65. The summed E-state index contributed by atoms with van der Waals surface area (Å²) in [6.45, 7) is 3.68. The zero-order valence-corrected chi connectivity index (χ0v) is 13.5. The number of hydrogen-bond donors (Lipinski definition) is 1. The van der Waals surface area contributed by atoms with Crippen LogP contribution in [0.2, 0.25) is 0 Å². The number of nitrogens with one attached hydrogen (secondary N) is 1. The average molecular weight is 339 g/mol. The summed E-state index contributed by atoms with van der Waals surface area (Å²) < 4.78 is 27.5. The molecule has 1 saturated carbocycles. The van der Waals surface area contributed by atoms with E-state index in [-0.39, 0.29) is 42.5 Å². The minimum Gasteiger partial charge on any atom is -0.314 e. The number of benzene rings is 1. The van der Waals surface area contributed by atoms with Gasteiger partial charge in [0, 0.05) is 37.8 Å². The van der Waals surface area contributed by atoms with E-state index in [2.05, 4.69) is 10.2 Å². The number of hydrogen-bond acceptors (Lipinski definition) is 2. The van der Waals surface area contributed by atoms with Gasteiger partial charge in [-0.2, -0.15) is 0 Å². The van der Waals surface area contributed by atoms with Gasteiger partial charge in [-0.1, -0.05) is 12.8 Å². The van der Waals surface area contributed by atoms with E-state index in [1.54, 1.807) is 0 Å². The molecule has 1 aromatic carbocycles. The Morgan fingerprint density at radius 2 is 1.81 bits per heavy atom. The van der Waals surface area contributed by atoms with Crippen LogP contribution in [0.25, 0.3) is 0 Å². The lowest BCUT2D eigenvalue weighted by Gasteiger charge is -2.35. The highest BCUT2D eigenvalue weighted by atomic mass is 35.5. The summed E-state index contributed by atoms with van der Waals surface area (Å²) in [6.07, 6.45) is 3.43. The molecule has 1 atom stereocenters. The van der Waals surface area contributed by atoms with Crippen molar-refractivity contribution in [2.45, 2.75) is 25.3 Å². The highest BCUT2D eigenvalue weighted by molar-refractivity contribution is 5.85. The van der Waals surface area contributed by atoms with Crippen LogP contribution in [0.1, 0.15) is 30.9 Å². The van der Waals surface area contributed by atoms with E-state index in [4.69, 9.17) is 0 Å². The molecule has 1 aliphatic heterocycles. The Kier molecular flexibility index (Phi) is 7.34. The first-order chi connectivity index (χ1) is 9.24. The Balaban J connectivity index is 0.00000110. The third-order valence-electron chi connectivity index (χ3n) is 4.16. The summed E-state index contributed by atoms with van der Waals surface area (Å²) in [4.78, 5) is 2.30. The van der Waals surface area contributed by atoms with Gasteiger partial charge >= 0.3 is 0 Å². The summed E-state index contributed by atoms with van der Waals surface area (Å²) in [5.74, 6) is 0.0838. The highest BCUT2D eigenvalue weighted by Gasteiger charge is 2.31. The Morgan fingerprint density at radius 1 is 1.14 bits per heavy atom. The first-order valence-corrected chi connectivity index (χ1v) is 7.14. The molecule has 0 spiro atoms. The highest BCUT2D eigenvalue weighted by Crippen LogP contribution is 2.40. The Bertz CT molecular complexity index is 449. The molecule has 2 fully saturated rings. The zero-order chi connectivity index (χ0) is 13.2. The summed E-state index contributed by atoms with van der Waals surface area (Å²) in [6, 6.07) is 3.87. The maximum absolute atomic E-state index is 14.0. The summed E-state index contributed by atoms with van der Waals surface area (Å²) in [5, 5.41) is 3.31. The van der Waals surface area contributed by atoms with Gasteiger partial charge in [0.25, 0.3) is 0 Å². The molecule has 0 radical (unpaired) electrons. The van der Waals surface area contributed by atoms with Gasteiger partial charge < -0.3 is 5.32 Å². The fraction of sp³-hybridized carbons (Fsp3) is 0.600. The van der Waals surface area contributed by atoms with Crippen molar-refractivity contribution >= 4 is 24.8 Å². The third kappa shape index (κ3) is 4.78. The molecule has 0 unspecified atom stereocenters. The smallest absolute Gasteiger partial charge is 0.128 e. The number of rotatable bonds is 4. The van der Waals surface area contributed by atoms with Crippen LogP contribution in [0.15, 0.2) is 18.2 Å². The van der Waals surface area contributed by atoms with Crippen LogP contribution in [0.3, 0.4) is 0 Å². The van der Waals surface area contributed by atoms with Crippen LogP contribution >= 0.6 is 24.8 Å². The van der Waals surface area contributed by atoms with E-state index >= 15 is 0 Å². The largest absolute Gasteiger partial charge is 0.314 e. The van der Waals surface area contributed by atoms with Crippen molar-refractivity contribution in [3.8, 4) is 0 Å². The molecule has 1 heterocycles. The number of nitrogens with zero attached hydrogens (tertiary/aromatic N) is 1. The van der Waals surface area contributed by atoms with Crippen molar-refractivity contribution in [2.24, 2.45) is 5.92 Å². The third-order valence-corrected chi connectivity index (χ3v) is 4.16. The van der Waals surface area contributed by atoms with E-state index in [0.29, 0.717) is 11.5 Å². The van der Waals surface area contributed by atoms with E-state index in [1.807, 2.05) is 0 Å². The molecule has 0 amide bonds. The minimum absolute atomic E-state index is 0. The lowest BCUT2D eigenvalue weighted by Crippen LogP contribution is -2.45. The van der Waals surface area contributed by atoms with Gasteiger partial charge in [-0.25, -0.2) is 8.78 Å². The van der Waals surface area contributed by atoms with Crippen molar-refractivity contribution in [1.29, 1.82) is 0 Å². The quantitative estimate of drug-likeness (QED) is 0.902. The van der Waals surface area contributed by atoms with Crippen LogP contribution in [0.4, 0.5) is 8.78 Å². The molecule has 120 valence electrons.